The largest absolute Gasteiger partial charge is 0.466 e. The second-order valence-corrected chi connectivity index (χ2v) is 5.10. The van der Waals surface area contributed by atoms with Crippen LogP contribution in [-0.4, -0.2) is 47.5 Å². The molecule has 0 radical (unpaired) electrons. The molecule has 116 valence electrons. The predicted molar refractivity (Wildman–Crippen MR) is 79.7 cm³/mol. The van der Waals surface area contributed by atoms with E-state index in [9.17, 15) is 4.79 Å². The number of ether oxygens (including phenoxy) is 2. The van der Waals surface area contributed by atoms with Gasteiger partial charge in [-0.2, -0.15) is 4.98 Å². The van der Waals surface area contributed by atoms with Gasteiger partial charge in [-0.05, 0) is 25.0 Å². The number of carbonyl (C=O) groups excluding carboxylic acids is 1. The molecule has 1 atom stereocenters. The van der Waals surface area contributed by atoms with Gasteiger partial charge in [-0.3, -0.25) is 9.89 Å². The van der Waals surface area contributed by atoms with E-state index < -0.39 is 0 Å². The first-order chi connectivity index (χ1) is 10.8. The zero-order chi connectivity index (χ0) is 15.4. The van der Waals surface area contributed by atoms with Crippen molar-refractivity contribution in [1.29, 1.82) is 0 Å². The lowest BCUT2D eigenvalue weighted by atomic mass is 10.1. The maximum absolute atomic E-state index is 12.2. The fraction of sp³-hybridized carbons (Fsp3) is 0.400. The van der Waals surface area contributed by atoms with Crippen molar-refractivity contribution >= 4 is 5.91 Å². The predicted octanol–water partition coefficient (Wildman–Crippen LogP) is 1.39. The van der Waals surface area contributed by atoms with E-state index >= 15 is 0 Å². The van der Waals surface area contributed by atoms with Crippen LogP contribution in [0.3, 0.4) is 0 Å². The topological polar surface area (TPSA) is 89.1 Å². The number of amides is 1. The van der Waals surface area contributed by atoms with Crippen LogP contribution in [0, 0.1) is 0 Å². The van der Waals surface area contributed by atoms with Crippen molar-refractivity contribution in [3.8, 4) is 17.4 Å². The van der Waals surface area contributed by atoms with Crippen molar-refractivity contribution in [2.45, 2.75) is 18.9 Å². The number of H-pyrrole nitrogens is 1. The third-order valence-electron chi connectivity index (χ3n) is 3.56. The highest BCUT2D eigenvalue weighted by atomic mass is 16.5. The van der Waals surface area contributed by atoms with Crippen molar-refractivity contribution in [2.75, 3.05) is 20.3 Å². The lowest BCUT2D eigenvalue weighted by molar-refractivity contribution is 0.0858. The summed E-state index contributed by atoms with van der Waals surface area (Å²) in [6, 6.07) is 7.47. The molecule has 0 bridgehead atoms. The Balaban J connectivity index is 1.68. The normalized spacial score (nSPS) is 17.4. The van der Waals surface area contributed by atoms with Crippen molar-refractivity contribution in [3.63, 3.8) is 0 Å². The molecule has 7 heteroatoms. The average molecular weight is 302 g/mol. The minimum Gasteiger partial charge on any atom is -0.466 e. The van der Waals surface area contributed by atoms with Crippen molar-refractivity contribution in [2.24, 2.45) is 0 Å². The van der Waals surface area contributed by atoms with Gasteiger partial charge in [0.1, 0.15) is 0 Å². The van der Waals surface area contributed by atoms with Crippen LogP contribution in [0.25, 0.3) is 11.4 Å². The smallest absolute Gasteiger partial charge is 0.335 e. The quantitative estimate of drug-likeness (QED) is 0.871. The van der Waals surface area contributed by atoms with Crippen LogP contribution in [0.1, 0.15) is 23.2 Å². The Labute approximate surface area is 128 Å². The minimum atomic E-state index is -0.121. The molecule has 2 heterocycles. The molecule has 1 unspecified atom stereocenters. The summed E-state index contributed by atoms with van der Waals surface area (Å²) in [5, 5.41) is 9.58. The molecule has 0 spiro atoms. The van der Waals surface area contributed by atoms with E-state index in [2.05, 4.69) is 20.5 Å². The molecule has 1 aliphatic heterocycles. The number of nitrogens with one attached hydrogen (secondary N) is 2. The number of carbonyl (C=O) groups is 1. The summed E-state index contributed by atoms with van der Waals surface area (Å²) in [5.74, 6) is 0.439. The van der Waals surface area contributed by atoms with Gasteiger partial charge >= 0.3 is 6.01 Å². The minimum absolute atomic E-state index is 0.121. The number of methoxy groups -OCH3 is 1. The van der Waals surface area contributed by atoms with Crippen LogP contribution in [0.2, 0.25) is 0 Å². The molecule has 0 saturated carbocycles. The first-order valence-electron chi connectivity index (χ1n) is 7.23. The van der Waals surface area contributed by atoms with E-state index in [1.165, 1.54) is 7.11 Å². The summed E-state index contributed by atoms with van der Waals surface area (Å²) in [4.78, 5) is 16.4. The Bertz CT molecular complexity index is 650. The third-order valence-corrected chi connectivity index (χ3v) is 3.56. The van der Waals surface area contributed by atoms with Crippen LogP contribution in [0.15, 0.2) is 24.3 Å². The lowest BCUT2D eigenvalue weighted by Gasteiger charge is -2.11. The highest BCUT2D eigenvalue weighted by Gasteiger charge is 2.17. The molecule has 1 amide bonds. The number of benzene rings is 1. The van der Waals surface area contributed by atoms with Crippen LogP contribution < -0.4 is 10.1 Å². The Morgan fingerprint density at radius 2 is 2.45 bits per heavy atom. The second kappa shape index (κ2) is 6.57. The average Bonchev–Trinajstić information content (AvgIpc) is 3.24. The molecule has 22 heavy (non-hydrogen) atoms. The van der Waals surface area contributed by atoms with Crippen molar-refractivity contribution in [3.05, 3.63) is 29.8 Å². The number of aromatic amines is 1. The monoisotopic (exact) mass is 302 g/mol. The van der Waals surface area contributed by atoms with E-state index in [1.54, 1.807) is 12.1 Å². The zero-order valence-corrected chi connectivity index (χ0v) is 12.3. The highest BCUT2D eigenvalue weighted by molar-refractivity contribution is 5.95. The molecular formula is C15H18N4O3. The van der Waals surface area contributed by atoms with Gasteiger partial charge in [-0.15, -0.1) is 5.10 Å². The zero-order valence-electron chi connectivity index (χ0n) is 12.3. The van der Waals surface area contributed by atoms with Gasteiger partial charge in [0.15, 0.2) is 5.82 Å². The standard InChI is InChI=1S/C15H18N4O3/c1-21-15-17-13(18-19-15)10-4-2-5-11(8-10)14(20)16-9-12-6-3-7-22-12/h2,4-5,8,12H,3,6-7,9H2,1H3,(H,16,20)(H,17,18,19). The summed E-state index contributed by atoms with van der Waals surface area (Å²) >= 11 is 0. The first-order valence-corrected chi connectivity index (χ1v) is 7.23. The van der Waals surface area contributed by atoms with Gasteiger partial charge in [0, 0.05) is 24.3 Å². The van der Waals surface area contributed by atoms with Crippen molar-refractivity contribution < 1.29 is 14.3 Å². The Hall–Kier alpha value is -2.41. The van der Waals surface area contributed by atoms with Crippen LogP contribution in [-0.2, 0) is 4.74 Å². The summed E-state index contributed by atoms with van der Waals surface area (Å²) in [6.07, 6.45) is 2.19. The molecule has 2 aromatic rings. The summed E-state index contributed by atoms with van der Waals surface area (Å²) in [7, 11) is 1.50. The van der Waals surface area contributed by atoms with Crippen LogP contribution in [0.5, 0.6) is 6.01 Å². The Morgan fingerprint density at radius 1 is 1.55 bits per heavy atom. The van der Waals surface area contributed by atoms with Crippen molar-refractivity contribution in [1.82, 2.24) is 20.5 Å². The molecule has 1 aromatic carbocycles. The molecule has 1 fully saturated rings. The fourth-order valence-electron chi connectivity index (χ4n) is 2.39. The molecule has 7 nitrogen and oxygen atoms in total. The molecular weight excluding hydrogens is 284 g/mol. The van der Waals surface area contributed by atoms with Crippen LogP contribution >= 0.6 is 0 Å². The van der Waals surface area contributed by atoms with Gasteiger partial charge < -0.3 is 14.8 Å². The van der Waals surface area contributed by atoms with E-state index in [-0.39, 0.29) is 18.0 Å². The molecule has 2 N–H and O–H groups in total. The van der Waals surface area contributed by atoms with E-state index in [0.29, 0.717) is 17.9 Å². The summed E-state index contributed by atoms with van der Waals surface area (Å²) < 4.78 is 10.4. The fourth-order valence-corrected chi connectivity index (χ4v) is 2.39. The van der Waals surface area contributed by atoms with Gasteiger partial charge in [-0.1, -0.05) is 12.1 Å². The maximum Gasteiger partial charge on any atom is 0.335 e. The van der Waals surface area contributed by atoms with Gasteiger partial charge in [0.05, 0.1) is 13.2 Å². The number of rotatable bonds is 5. The first kappa shape index (κ1) is 14.5. The van der Waals surface area contributed by atoms with E-state index in [4.69, 9.17) is 9.47 Å². The molecule has 3 rings (SSSR count). The Kier molecular flexibility index (Phi) is 4.34. The molecule has 0 aliphatic carbocycles. The number of hydrogen-bond acceptors (Lipinski definition) is 5. The molecule has 1 aromatic heterocycles. The van der Waals surface area contributed by atoms with E-state index in [0.717, 1.165) is 25.0 Å². The third kappa shape index (κ3) is 3.25. The summed E-state index contributed by atoms with van der Waals surface area (Å²) in [6.45, 7) is 1.32. The van der Waals surface area contributed by atoms with Crippen LogP contribution in [0.4, 0.5) is 0 Å². The van der Waals surface area contributed by atoms with Gasteiger partial charge in [0.25, 0.3) is 5.91 Å². The van der Waals surface area contributed by atoms with Gasteiger partial charge in [0.2, 0.25) is 0 Å². The maximum atomic E-state index is 12.2. The number of aromatic nitrogens is 3. The van der Waals surface area contributed by atoms with E-state index in [1.807, 2.05) is 12.1 Å². The molecule has 1 saturated heterocycles. The Morgan fingerprint density at radius 3 is 3.18 bits per heavy atom. The SMILES string of the molecule is COc1n[nH]c(-c2cccc(C(=O)NCC3CCCO3)c2)n1. The second-order valence-electron chi connectivity index (χ2n) is 5.10. The van der Waals surface area contributed by atoms with Gasteiger partial charge in [-0.25, -0.2) is 0 Å². The number of hydrogen-bond donors (Lipinski definition) is 2. The lowest BCUT2D eigenvalue weighted by Crippen LogP contribution is -2.31. The number of nitrogens with zero attached hydrogens (tertiary/aromatic N) is 2. The summed E-state index contributed by atoms with van der Waals surface area (Å²) in [5.41, 5.74) is 1.35. The molecule has 1 aliphatic rings. The highest BCUT2D eigenvalue weighted by Crippen LogP contribution is 2.18.